The Morgan fingerprint density at radius 1 is 1.47 bits per heavy atom. The van der Waals surface area contributed by atoms with Gasteiger partial charge in [0.2, 0.25) is 5.91 Å². The Hall–Kier alpha value is -1.56. The SMILES string of the molecule is CC(C)C(C(=O)NCc1ccccc1Br)C(N)=NO. The molecule has 1 aromatic carbocycles. The average molecular weight is 328 g/mol. The van der Waals surface area contributed by atoms with Crippen molar-refractivity contribution in [1.82, 2.24) is 5.32 Å². The minimum atomic E-state index is -0.632. The van der Waals surface area contributed by atoms with Crippen molar-refractivity contribution in [2.45, 2.75) is 20.4 Å². The van der Waals surface area contributed by atoms with E-state index in [1.54, 1.807) is 0 Å². The van der Waals surface area contributed by atoms with Gasteiger partial charge in [-0.3, -0.25) is 4.79 Å². The second-order valence-electron chi connectivity index (χ2n) is 4.56. The highest BCUT2D eigenvalue weighted by atomic mass is 79.9. The van der Waals surface area contributed by atoms with Gasteiger partial charge < -0.3 is 16.3 Å². The molecule has 0 fully saturated rings. The highest BCUT2D eigenvalue weighted by molar-refractivity contribution is 9.10. The van der Waals surface area contributed by atoms with Crippen molar-refractivity contribution in [3.05, 3.63) is 34.3 Å². The lowest BCUT2D eigenvalue weighted by atomic mass is 9.94. The van der Waals surface area contributed by atoms with Crippen LogP contribution in [0.4, 0.5) is 0 Å². The zero-order valence-electron chi connectivity index (χ0n) is 10.9. The van der Waals surface area contributed by atoms with Crippen LogP contribution in [0.3, 0.4) is 0 Å². The molecule has 5 nitrogen and oxygen atoms in total. The fourth-order valence-corrected chi connectivity index (χ4v) is 2.20. The van der Waals surface area contributed by atoms with E-state index in [4.69, 9.17) is 10.9 Å². The summed E-state index contributed by atoms with van der Waals surface area (Å²) >= 11 is 3.42. The van der Waals surface area contributed by atoms with Gasteiger partial charge in [-0.25, -0.2) is 0 Å². The lowest BCUT2D eigenvalue weighted by Gasteiger charge is -2.19. The molecule has 6 heteroatoms. The maximum atomic E-state index is 12.1. The van der Waals surface area contributed by atoms with Gasteiger partial charge in [0.15, 0.2) is 5.84 Å². The first-order chi connectivity index (χ1) is 8.97. The molecule has 0 aromatic heterocycles. The Morgan fingerprint density at radius 2 is 2.11 bits per heavy atom. The number of nitrogens with two attached hydrogens (primary N) is 1. The van der Waals surface area contributed by atoms with Crippen molar-refractivity contribution < 1.29 is 10.0 Å². The number of nitrogens with zero attached hydrogens (tertiary/aromatic N) is 1. The first kappa shape index (κ1) is 15.5. The second-order valence-corrected chi connectivity index (χ2v) is 5.41. The van der Waals surface area contributed by atoms with Crippen LogP contribution in [0.25, 0.3) is 0 Å². The number of hydrogen-bond donors (Lipinski definition) is 3. The number of benzene rings is 1. The predicted octanol–water partition coefficient (Wildman–Crippen LogP) is 2.08. The van der Waals surface area contributed by atoms with Gasteiger partial charge in [-0.15, -0.1) is 0 Å². The molecule has 1 atom stereocenters. The molecule has 0 spiro atoms. The number of nitrogens with one attached hydrogen (secondary N) is 1. The molecular formula is C13H18BrN3O2. The maximum Gasteiger partial charge on any atom is 0.231 e. The zero-order valence-corrected chi connectivity index (χ0v) is 12.5. The van der Waals surface area contributed by atoms with Crippen LogP contribution in [0, 0.1) is 11.8 Å². The predicted molar refractivity (Wildman–Crippen MR) is 77.7 cm³/mol. The maximum absolute atomic E-state index is 12.1. The van der Waals surface area contributed by atoms with Gasteiger partial charge in [0.25, 0.3) is 0 Å². The van der Waals surface area contributed by atoms with Gasteiger partial charge in [0.05, 0.1) is 0 Å². The third-order valence-electron chi connectivity index (χ3n) is 2.79. The minimum Gasteiger partial charge on any atom is -0.409 e. The number of carbonyl (C=O) groups excluding carboxylic acids is 1. The second kappa shape index (κ2) is 7.13. The third-order valence-corrected chi connectivity index (χ3v) is 3.57. The summed E-state index contributed by atoms with van der Waals surface area (Å²) in [6.45, 7) is 4.09. The number of amides is 1. The standard InChI is InChI=1S/C13H18BrN3O2/c1-8(2)11(12(15)17-19)13(18)16-7-9-5-3-4-6-10(9)14/h3-6,8,11,19H,7H2,1-2H3,(H2,15,17)(H,16,18). The van der Waals surface area contributed by atoms with E-state index in [2.05, 4.69) is 26.4 Å². The Labute approximate surface area is 121 Å². The van der Waals surface area contributed by atoms with E-state index in [0.29, 0.717) is 6.54 Å². The number of carbonyl (C=O) groups is 1. The Bertz CT molecular complexity index is 475. The quantitative estimate of drug-likeness (QED) is 0.335. The number of rotatable bonds is 5. The lowest BCUT2D eigenvalue weighted by Crippen LogP contribution is -2.41. The van der Waals surface area contributed by atoms with Gasteiger partial charge in [0, 0.05) is 11.0 Å². The number of amidine groups is 1. The highest BCUT2D eigenvalue weighted by Crippen LogP contribution is 2.16. The Kier molecular flexibility index (Phi) is 5.82. The molecule has 1 amide bonds. The van der Waals surface area contributed by atoms with Crippen molar-refractivity contribution in [3.63, 3.8) is 0 Å². The fraction of sp³-hybridized carbons (Fsp3) is 0.385. The van der Waals surface area contributed by atoms with Crippen LogP contribution in [0.5, 0.6) is 0 Å². The summed E-state index contributed by atoms with van der Waals surface area (Å²) in [7, 11) is 0. The molecule has 104 valence electrons. The average Bonchev–Trinajstić information content (AvgIpc) is 2.37. The van der Waals surface area contributed by atoms with Crippen LogP contribution >= 0.6 is 15.9 Å². The molecular weight excluding hydrogens is 310 g/mol. The van der Waals surface area contributed by atoms with E-state index in [1.165, 1.54) is 0 Å². The lowest BCUT2D eigenvalue weighted by molar-refractivity contribution is -0.124. The normalized spacial score (nSPS) is 13.4. The van der Waals surface area contributed by atoms with E-state index in [1.807, 2.05) is 38.1 Å². The summed E-state index contributed by atoms with van der Waals surface area (Å²) in [6.07, 6.45) is 0. The largest absolute Gasteiger partial charge is 0.409 e. The summed E-state index contributed by atoms with van der Waals surface area (Å²) in [5.74, 6) is -0.997. The van der Waals surface area contributed by atoms with Crippen LogP contribution in [0.2, 0.25) is 0 Å². The molecule has 0 aliphatic heterocycles. The van der Waals surface area contributed by atoms with Crippen molar-refractivity contribution in [2.75, 3.05) is 0 Å². The van der Waals surface area contributed by atoms with Gasteiger partial charge in [-0.2, -0.15) is 0 Å². The first-order valence-corrected chi connectivity index (χ1v) is 6.75. The monoisotopic (exact) mass is 327 g/mol. The topological polar surface area (TPSA) is 87.7 Å². The van der Waals surface area contributed by atoms with Gasteiger partial charge in [-0.05, 0) is 17.5 Å². The smallest absolute Gasteiger partial charge is 0.231 e. The van der Waals surface area contributed by atoms with Crippen molar-refractivity contribution in [1.29, 1.82) is 0 Å². The molecule has 0 aliphatic rings. The van der Waals surface area contributed by atoms with Crippen LogP contribution in [-0.2, 0) is 11.3 Å². The van der Waals surface area contributed by atoms with Crippen molar-refractivity contribution in [3.8, 4) is 0 Å². The molecule has 0 aliphatic carbocycles. The summed E-state index contributed by atoms with van der Waals surface area (Å²) in [6, 6.07) is 7.63. The van der Waals surface area contributed by atoms with E-state index in [-0.39, 0.29) is 17.7 Å². The summed E-state index contributed by atoms with van der Waals surface area (Å²) in [4.78, 5) is 12.1. The molecule has 0 saturated heterocycles. The molecule has 0 bridgehead atoms. The molecule has 0 radical (unpaired) electrons. The summed E-state index contributed by atoms with van der Waals surface area (Å²) in [5.41, 5.74) is 6.52. The van der Waals surface area contributed by atoms with E-state index in [9.17, 15) is 4.79 Å². The van der Waals surface area contributed by atoms with Crippen LogP contribution in [0.15, 0.2) is 33.9 Å². The zero-order chi connectivity index (χ0) is 14.4. The van der Waals surface area contributed by atoms with Gasteiger partial charge >= 0.3 is 0 Å². The van der Waals surface area contributed by atoms with E-state index in [0.717, 1.165) is 10.0 Å². The molecule has 4 N–H and O–H groups in total. The van der Waals surface area contributed by atoms with Crippen LogP contribution < -0.4 is 11.1 Å². The molecule has 0 saturated carbocycles. The van der Waals surface area contributed by atoms with Crippen LogP contribution in [0.1, 0.15) is 19.4 Å². The van der Waals surface area contributed by atoms with Gasteiger partial charge in [-0.1, -0.05) is 53.1 Å². The fourth-order valence-electron chi connectivity index (χ4n) is 1.77. The molecule has 1 rings (SSSR count). The third kappa shape index (κ3) is 4.24. The van der Waals surface area contributed by atoms with Crippen LogP contribution in [-0.4, -0.2) is 17.0 Å². The first-order valence-electron chi connectivity index (χ1n) is 5.96. The molecule has 1 aromatic rings. The highest BCUT2D eigenvalue weighted by Gasteiger charge is 2.26. The molecule has 19 heavy (non-hydrogen) atoms. The van der Waals surface area contributed by atoms with Crippen molar-refractivity contribution >= 4 is 27.7 Å². The van der Waals surface area contributed by atoms with Gasteiger partial charge in [0.1, 0.15) is 5.92 Å². The number of halogens is 1. The molecule has 1 unspecified atom stereocenters. The summed E-state index contributed by atoms with van der Waals surface area (Å²) in [5, 5.41) is 14.4. The Balaban J connectivity index is 2.71. The Morgan fingerprint density at radius 3 is 2.63 bits per heavy atom. The van der Waals surface area contributed by atoms with Crippen molar-refractivity contribution in [2.24, 2.45) is 22.7 Å². The number of hydrogen-bond acceptors (Lipinski definition) is 3. The summed E-state index contributed by atoms with van der Waals surface area (Å²) < 4.78 is 0.931. The van der Waals surface area contributed by atoms with E-state index < -0.39 is 5.92 Å². The van der Waals surface area contributed by atoms with E-state index >= 15 is 0 Å². The molecule has 0 heterocycles. The minimum absolute atomic E-state index is 0.0462. The number of oxime groups is 1.